The standard InChI is InChI=1S/C15H20N2O2/c18-13(10-17-7-5-16-6-8-17)9-12-11-19-15-4-2-1-3-14(12)15/h1-4,11,13,16,18H,5-10H2. The summed E-state index contributed by atoms with van der Waals surface area (Å²) in [5, 5.41) is 14.7. The van der Waals surface area contributed by atoms with Crippen LogP contribution >= 0.6 is 0 Å². The first-order valence-electron chi connectivity index (χ1n) is 6.89. The number of aliphatic hydroxyl groups excluding tert-OH is 1. The molecule has 0 spiro atoms. The van der Waals surface area contributed by atoms with Gasteiger partial charge in [0.05, 0.1) is 12.4 Å². The zero-order valence-corrected chi connectivity index (χ0v) is 11.0. The van der Waals surface area contributed by atoms with Crippen molar-refractivity contribution in [3.05, 3.63) is 36.1 Å². The van der Waals surface area contributed by atoms with Crippen LogP contribution in [0.1, 0.15) is 5.56 Å². The Morgan fingerprint density at radius 3 is 2.89 bits per heavy atom. The van der Waals surface area contributed by atoms with Gasteiger partial charge in [-0.1, -0.05) is 18.2 Å². The van der Waals surface area contributed by atoms with Crippen LogP contribution in [-0.2, 0) is 6.42 Å². The highest BCUT2D eigenvalue weighted by Crippen LogP contribution is 2.22. The summed E-state index contributed by atoms with van der Waals surface area (Å²) in [6, 6.07) is 7.98. The highest BCUT2D eigenvalue weighted by molar-refractivity contribution is 5.80. The first-order chi connectivity index (χ1) is 9.33. The number of hydrogen-bond acceptors (Lipinski definition) is 4. The summed E-state index contributed by atoms with van der Waals surface area (Å²) in [7, 11) is 0. The maximum Gasteiger partial charge on any atom is 0.134 e. The molecule has 2 aromatic rings. The largest absolute Gasteiger partial charge is 0.464 e. The molecule has 19 heavy (non-hydrogen) atoms. The molecule has 0 amide bonds. The van der Waals surface area contributed by atoms with E-state index in [1.165, 1.54) is 0 Å². The smallest absolute Gasteiger partial charge is 0.134 e. The molecule has 0 aliphatic carbocycles. The van der Waals surface area contributed by atoms with E-state index in [2.05, 4.69) is 10.2 Å². The number of aliphatic hydroxyl groups is 1. The fourth-order valence-corrected chi connectivity index (χ4v) is 2.70. The van der Waals surface area contributed by atoms with E-state index in [9.17, 15) is 5.11 Å². The summed E-state index contributed by atoms with van der Waals surface area (Å²) in [4.78, 5) is 2.31. The van der Waals surface area contributed by atoms with Gasteiger partial charge < -0.3 is 14.8 Å². The summed E-state index contributed by atoms with van der Waals surface area (Å²) in [5.74, 6) is 0. The van der Waals surface area contributed by atoms with E-state index in [1.54, 1.807) is 6.26 Å². The van der Waals surface area contributed by atoms with Crippen LogP contribution in [0.25, 0.3) is 11.0 Å². The van der Waals surface area contributed by atoms with Crippen molar-refractivity contribution in [3.8, 4) is 0 Å². The molecule has 0 radical (unpaired) electrons. The second-order valence-corrected chi connectivity index (χ2v) is 5.17. The van der Waals surface area contributed by atoms with Gasteiger partial charge in [0.15, 0.2) is 0 Å². The first kappa shape index (κ1) is 12.7. The third-order valence-corrected chi connectivity index (χ3v) is 3.70. The molecular weight excluding hydrogens is 240 g/mol. The maximum absolute atomic E-state index is 10.2. The molecule has 4 nitrogen and oxygen atoms in total. The summed E-state index contributed by atoms with van der Waals surface area (Å²) in [5.41, 5.74) is 1.99. The second kappa shape index (κ2) is 5.74. The Labute approximate surface area is 113 Å². The fourth-order valence-electron chi connectivity index (χ4n) is 2.70. The predicted molar refractivity (Wildman–Crippen MR) is 75.2 cm³/mol. The van der Waals surface area contributed by atoms with Crippen LogP contribution in [-0.4, -0.2) is 48.8 Å². The molecular formula is C15H20N2O2. The molecule has 1 aromatic carbocycles. The molecule has 1 aromatic heterocycles. The third-order valence-electron chi connectivity index (χ3n) is 3.70. The van der Waals surface area contributed by atoms with Crippen molar-refractivity contribution >= 4 is 11.0 Å². The number of nitrogens with zero attached hydrogens (tertiary/aromatic N) is 1. The zero-order chi connectivity index (χ0) is 13.1. The average molecular weight is 260 g/mol. The molecule has 1 aliphatic rings. The summed E-state index contributed by atoms with van der Waals surface area (Å²) < 4.78 is 5.51. The number of hydrogen-bond donors (Lipinski definition) is 2. The van der Waals surface area contributed by atoms with Gasteiger partial charge in [-0.05, 0) is 6.07 Å². The van der Waals surface area contributed by atoms with Gasteiger partial charge in [0.1, 0.15) is 5.58 Å². The lowest BCUT2D eigenvalue weighted by Gasteiger charge is -2.29. The van der Waals surface area contributed by atoms with E-state index < -0.39 is 0 Å². The number of β-amino-alcohol motifs (C(OH)–C–C–N with tert-alkyl or cyclic N) is 1. The van der Waals surface area contributed by atoms with Crippen molar-refractivity contribution < 1.29 is 9.52 Å². The van der Waals surface area contributed by atoms with Gasteiger partial charge in [-0.3, -0.25) is 4.90 Å². The highest BCUT2D eigenvalue weighted by Gasteiger charge is 2.16. The molecule has 1 aliphatic heterocycles. The van der Waals surface area contributed by atoms with Gasteiger partial charge in [0.2, 0.25) is 0 Å². The van der Waals surface area contributed by atoms with Crippen molar-refractivity contribution in [1.82, 2.24) is 10.2 Å². The molecule has 1 fully saturated rings. The van der Waals surface area contributed by atoms with Crippen LogP contribution in [0, 0.1) is 0 Å². The number of furan rings is 1. The van der Waals surface area contributed by atoms with Gasteiger partial charge >= 0.3 is 0 Å². The van der Waals surface area contributed by atoms with E-state index in [-0.39, 0.29) is 6.10 Å². The highest BCUT2D eigenvalue weighted by atomic mass is 16.3. The molecule has 1 atom stereocenters. The molecule has 102 valence electrons. The number of nitrogens with one attached hydrogen (secondary N) is 1. The minimum atomic E-state index is -0.334. The first-order valence-corrected chi connectivity index (χ1v) is 6.89. The van der Waals surface area contributed by atoms with Crippen molar-refractivity contribution in [1.29, 1.82) is 0 Å². The topological polar surface area (TPSA) is 48.6 Å². The number of fused-ring (bicyclic) bond motifs is 1. The van der Waals surface area contributed by atoms with Crippen LogP contribution in [0.3, 0.4) is 0 Å². The minimum Gasteiger partial charge on any atom is -0.464 e. The molecule has 2 heterocycles. The predicted octanol–water partition coefficient (Wildman–Crippen LogP) is 1.24. The van der Waals surface area contributed by atoms with Crippen molar-refractivity contribution in [2.45, 2.75) is 12.5 Å². The Bertz CT molecular complexity index is 532. The van der Waals surface area contributed by atoms with Crippen molar-refractivity contribution in [3.63, 3.8) is 0 Å². The fraction of sp³-hybridized carbons (Fsp3) is 0.467. The van der Waals surface area contributed by atoms with Crippen LogP contribution in [0.4, 0.5) is 0 Å². The van der Waals surface area contributed by atoms with Crippen LogP contribution in [0.15, 0.2) is 34.9 Å². The van der Waals surface area contributed by atoms with Crippen LogP contribution in [0.2, 0.25) is 0 Å². The molecule has 0 bridgehead atoms. The van der Waals surface area contributed by atoms with Gasteiger partial charge in [-0.15, -0.1) is 0 Å². The molecule has 1 unspecified atom stereocenters. The summed E-state index contributed by atoms with van der Waals surface area (Å²) in [6.45, 7) is 4.80. The molecule has 2 N–H and O–H groups in total. The van der Waals surface area contributed by atoms with Crippen LogP contribution < -0.4 is 5.32 Å². The lowest BCUT2D eigenvalue weighted by Crippen LogP contribution is -2.46. The van der Waals surface area contributed by atoms with Crippen LogP contribution in [0.5, 0.6) is 0 Å². The Balaban J connectivity index is 1.63. The number of benzene rings is 1. The van der Waals surface area contributed by atoms with Gasteiger partial charge in [-0.25, -0.2) is 0 Å². The molecule has 4 heteroatoms. The van der Waals surface area contributed by atoms with Crippen molar-refractivity contribution in [2.24, 2.45) is 0 Å². The Morgan fingerprint density at radius 1 is 1.26 bits per heavy atom. The van der Waals surface area contributed by atoms with E-state index in [0.717, 1.165) is 49.3 Å². The molecule has 1 saturated heterocycles. The van der Waals surface area contributed by atoms with Gasteiger partial charge in [0, 0.05) is 50.1 Å². The average Bonchev–Trinajstić information content (AvgIpc) is 2.83. The summed E-state index contributed by atoms with van der Waals surface area (Å²) in [6.07, 6.45) is 2.09. The quantitative estimate of drug-likeness (QED) is 0.868. The maximum atomic E-state index is 10.2. The Hall–Kier alpha value is -1.36. The molecule has 0 saturated carbocycles. The lowest BCUT2D eigenvalue weighted by atomic mass is 10.1. The van der Waals surface area contributed by atoms with E-state index >= 15 is 0 Å². The zero-order valence-electron chi connectivity index (χ0n) is 11.0. The second-order valence-electron chi connectivity index (χ2n) is 5.17. The Kier molecular flexibility index (Phi) is 3.82. The third kappa shape index (κ3) is 2.97. The normalized spacial score (nSPS) is 18.8. The monoisotopic (exact) mass is 260 g/mol. The van der Waals surface area contributed by atoms with E-state index in [4.69, 9.17) is 4.42 Å². The van der Waals surface area contributed by atoms with Gasteiger partial charge in [0.25, 0.3) is 0 Å². The summed E-state index contributed by atoms with van der Waals surface area (Å²) >= 11 is 0. The number of para-hydroxylation sites is 1. The van der Waals surface area contributed by atoms with Crippen molar-refractivity contribution in [2.75, 3.05) is 32.7 Å². The number of rotatable bonds is 4. The SMILES string of the molecule is OC(Cc1coc2ccccc12)CN1CCNCC1. The Morgan fingerprint density at radius 2 is 2.05 bits per heavy atom. The minimum absolute atomic E-state index is 0.334. The molecule has 3 rings (SSSR count). The van der Waals surface area contributed by atoms with E-state index in [0.29, 0.717) is 6.42 Å². The number of piperazine rings is 1. The van der Waals surface area contributed by atoms with E-state index in [1.807, 2.05) is 24.3 Å². The van der Waals surface area contributed by atoms with Gasteiger partial charge in [-0.2, -0.15) is 0 Å². The lowest BCUT2D eigenvalue weighted by molar-refractivity contribution is 0.105.